The fourth-order valence-corrected chi connectivity index (χ4v) is 3.36. The lowest BCUT2D eigenvalue weighted by molar-refractivity contribution is -0.124. The molecule has 2 amide bonds. The molecule has 142 valence electrons. The predicted octanol–water partition coefficient (Wildman–Crippen LogP) is 3.28. The quantitative estimate of drug-likeness (QED) is 0.879. The molecule has 1 N–H and O–H groups in total. The molecule has 0 atom stereocenters. The van der Waals surface area contributed by atoms with Gasteiger partial charge in [-0.1, -0.05) is 17.7 Å². The third kappa shape index (κ3) is 3.35. The Morgan fingerprint density at radius 3 is 2.44 bits per heavy atom. The van der Waals surface area contributed by atoms with Crippen LogP contribution in [0.3, 0.4) is 0 Å². The van der Waals surface area contributed by atoms with Crippen LogP contribution in [-0.4, -0.2) is 32.6 Å². The Balaban J connectivity index is 1.80. The second kappa shape index (κ2) is 6.95. The number of anilines is 2. The van der Waals surface area contributed by atoms with Gasteiger partial charge in [0.1, 0.15) is 6.54 Å². The van der Waals surface area contributed by atoms with Gasteiger partial charge in [-0.25, -0.2) is 0 Å². The number of methoxy groups -OCH3 is 2. The first-order valence-corrected chi connectivity index (χ1v) is 8.73. The lowest BCUT2D eigenvalue weighted by Gasteiger charge is -2.20. The highest BCUT2D eigenvalue weighted by Gasteiger charge is 2.44. The van der Waals surface area contributed by atoms with Crippen LogP contribution in [0.2, 0.25) is 0 Å². The zero-order valence-corrected chi connectivity index (χ0v) is 16.3. The Morgan fingerprint density at radius 2 is 1.78 bits per heavy atom. The average molecular weight is 368 g/mol. The van der Waals surface area contributed by atoms with Gasteiger partial charge >= 0.3 is 0 Å². The van der Waals surface area contributed by atoms with Crippen LogP contribution in [0, 0.1) is 6.92 Å². The Hall–Kier alpha value is -3.02. The Kier molecular flexibility index (Phi) is 4.83. The molecule has 0 spiro atoms. The highest BCUT2D eigenvalue weighted by Crippen LogP contribution is 2.41. The molecule has 0 saturated heterocycles. The topological polar surface area (TPSA) is 67.9 Å². The Morgan fingerprint density at radius 1 is 1.07 bits per heavy atom. The van der Waals surface area contributed by atoms with E-state index >= 15 is 0 Å². The molecule has 3 rings (SSSR count). The SMILES string of the molecule is COc1ccc(NC(=O)CN2C(=O)C(C)(C)c3cc(C)ccc32)cc1OC. The Labute approximate surface area is 159 Å². The van der Waals surface area contributed by atoms with Crippen molar-refractivity contribution in [2.24, 2.45) is 0 Å². The van der Waals surface area contributed by atoms with Crippen LogP contribution < -0.4 is 19.7 Å². The third-order valence-corrected chi connectivity index (χ3v) is 4.87. The number of benzene rings is 2. The minimum Gasteiger partial charge on any atom is -0.493 e. The molecule has 0 bridgehead atoms. The zero-order valence-electron chi connectivity index (χ0n) is 16.3. The number of ether oxygens (including phenoxy) is 2. The van der Waals surface area contributed by atoms with Gasteiger partial charge < -0.3 is 19.7 Å². The number of aryl methyl sites for hydroxylation is 1. The van der Waals surface area contributed by atoms with Gasteiger partial charge in [0.15, 0.2) is 11.5 Å². The van der Waals surface area contributed by atoms with Gasteiger partial charge in [-0.15, -0.1) is 0 Å². The van der Waals surface area contributed by atoms with E-state index in [9.17, 15) is 9.59 Å². The molecule has 0 fully saturated rings. The van der Waals surface area contributed by atoms with E-state index in [1.165, 1.54) is 7.11 Å². The molecule has 1 aliphatic rings. The van der Waals surface area contributed by atoms with E-state index in [2.05, 4.69) is 5.32 Å². The molecule has 0 aromatic heterocycles. The summed E-state index contributed by atoms with van der Waals surface area (Å²) in [5, 5.41) is 2.82. The summed E-state index contributed by atoms with van der Waals surface area (Å²) >= 11 is 0. The number of hydrogen-bond acceptors (Lipinski definition) is 4. The van der Waals surface area contributed by atoms with Crippen molar-refractivity contribution in [3.05, 3.63) is 47.5 Å². The number of nitrogens with one attached hydrogen (secondary N) is 1. The summed E-state index contributed by atoms with van der Waals surface area (Å²) in [6, 6.07) is 11.0. The summed E-state index contributed by atoms with van der Waals surface area (Å²) in [6.45, 7) is 5.72. The predicted molar refractivity (Wildman–Crippen MR) is 105 cm³/mol. The third-order valence-electron chi connectivity index (χ3n) is 4.87. The van der Waals surface area contributed by atoms with Crippen molar-refractivity contribution in [1.29, 1.82) is 0 Å². The molecule has 2 aromatic carbocycles. The number of rotatable bonds is 5. The highest BCUT2D eigenvalue weighted by atomic mass is 16.5. The molecule has 1 heterocycles. The number of nitrogens with zero attached hydrogens (tertiary/aromatic N) is 1. The summed E-state index contributed by atoms with van der Waals surface area (Å²) in [4.78, 5) is 27.0. The van der Waals surface area contributed by atoms with E-state index in [1.807, 2.05) is 39.0 Å². The zero-order chi connectivity index (χ0) is 19.8. The van der Waals surface area contributed by atoms with Crippen molar-refractivity contribution in [1.82, 2.24) is 0 Å². The van der Waals surface area contributed by atoms with Gasteiger partial charge in [-0.05, 0) is 44.5 Å². The van der Waals surface area contributed by atoms with E-state index in [1.54, 1.807) is 30.2 Å². The maximum Gasteiger partial charge on any atom is 0.244 e. The second-order valence-electron chi connectivity index (χ2n) is 7.15. The van der Waals surface area contributed by atoms with Crippen molar-refractivity contribution >= 4 is 23.2 Å². The van der Waals surface area contributed by atoms with E-state index in [4.69, 9.17) is 9.47 Å². The van der Waals surface area contributed by atoms with Crippen molar-refractivity contribution in [3.8, 4) is 11.5 Å². The van der Waals surface area contributed by atoms with Crippen LogP contribution in [0.5, 0.6) is 11.5 Å². The minimum absolute atomic E-state index is 0.0489. The van der Waals surface area contributed by atoms with Crippen molar-refractivity contribution in [2.45, 2.75) is 26.2 Å². The van der Waals surface area contributed by atoms with Crippen LogP contribution in [0.1, 0.15) is 25.0 Å². The smallest absolute Gasteiger partial charge is 0.244 e. The lowest BCUT2D eigenvalue weighted by atomic mass is 9.85. The molecular formula is C21H24N2O4. The van der Waals surface area contributed by atoms with Gasteiger partial charge in [0, 0.05) is 17.4 Å². The standard InChI is InChI=1S/C21H24N2O4/c1-13-6-8-16-15(10-13)21(2,3)20(25)23(16)12-19(24)22-14-7-9-17(26-4)18(11-14)27-5/h6-11H,12H2,1-5H3,(H,22,24). The molecule has 0 aliphatic carbocycles. The van der Waals surface area contributed by atoms with Crippen molar-refractivity contribution < 1.29 is 19.1 Å². The van der Waals surface area contributed by atoms with Crippen LogP contribution in [0.15, 0.2) is 36.4 Å². The summed E-state index contributed by atoms with van der Waals surface area (Å²) < 4.78 is 10.5. The lowest BCUT2D eigenvalue weighted by Crippen LogP contribution is -2.40. The van der Waals surface area contributed by atoms with Gasteiger partial charge in [0.2, 0.25) is 11.8 Å². The van der Waals surface area contributed by atoms with E-state index in [0.29, 0.717) is 17.2 Å². The summed E-state index contributed by atoms with van der Waals surface area (Å²) in [7, 11) is 3.09. The average Bonchev–Trinajstić information content (AvgIpc) is 2.82. The van der Waals surface area contributed by atoms with Crippen LogP contribution in [0.25, 0.3) is 0 Å². The fourth-order valence-electron chi connectivity index (χ4n) is 3.36. The Bertz CT molecular complexity index is 905. The molecule has 1 aliphatic heterocycles. The van der Waals surface area contributed by atoms with Gasteiger partial charge in [0.25, 0.3) is 0 Å². The summed E-state index contributed by atoms with van der Waals surface area (Å²) in [5.74, 6) is 0.746. The van der Waals surface area contributed by atoms with E-state index in [-0.39, 0.29) is 18.4 Å². The largest absolute Gasteiger partial charge is 0.493 e. The van der Waals surface area contributed by atoms with Crippen LogP contribution >= 0.6 is 0 Å². The molecule has 6 heteroatoms. The van der Waals surface area contributed by atoms with Gasteiger partial charge in [-0.2, -0.15) is 0 Å². The highest BCUT2D eigenvalue weighted by molar-refractivity contribution is 6.11. The van der Waals surface area contributed by atoms with Crippen molar-refractivity contribution in [3.63, 3.8) is 0 Å². The first kappa shape index (κ1) is 18.8. The minimum atomic E-state index is -0.648. The number of amides is 2. The molecule has 6 nitrogen and oxygen atoms in total. The molecule has 0 unspecified atom stereocenters. The summed E-state index contributed by atoms with van der Waals surface area (Å²) in [5.41, 5.74) is 2.76. The van der Waals surface area contributed by atoms with Gasteiger partial charge in [0.05, 0.1) is 19.6 Å². The maximum atomic E-state index is 12.9. The molecule has 0 saturated carbocycles. The molecule has 27 heavy (non-hydrogen) atoms. The summed E-state index contributed by atoms with van der Waals surface area (Å²) in [6.07, 6.45) is 0. The maximum absolute atomic E-state index is 12.9. The number of fused-ring (bicyclic) bond motifs is 1. The molecular weight excluding hydrogens is 344 g/mol. The number of carbonyl (C=O) groups is 2. The normalized spacial score (nSPS) is 14.7. The molecule has 0 radical (unpaired) electrons. The first-order valence-electron chi connectivity index (χ1n) is 8.73. The second-order valence-corrected chi connectivity index (χ2v) is 7.15. The van der Waals surface area contributed by atoms with Crippen LogP contribution in [0.4, 0.5) is 11.4 Å². The molecule has 2 aromatic rings. The van der Waals surface area contributed by atoms with Crippen molar-refractivity contribution in [2.75, 3.05) is 31.0 Å². The van der Waals surface area contributed by atoms with Crippen LogP contribution in [-0.2, 0) is 15.0 Å². The fraction of sp³-hybridized carbons (Fsp3) is 0.333. The van der Waals surface area contributed by atoms with Gasteiger partial charge in [-0.3, -0.25) is 9.59 Å². The first-order chi connectivity index (χ1) is 12.8. The number of hydrogen-bond donors (Lipinski definition) is 1. The number of carbonyl (C=O) groups excluding carboxylic acids is 2. The van der Waals surface area contributed by atoms with E-state index < -0.39 is 5.41 Å². The monoisotopic (exact) mass is 368 g/mol. The van der Waals surface area contributed by atoms with E-state index in [0.717, 1.165) is 16.8 Å².